The highest BCUT2D eigenvalue weighted by Crippen LogP contribution is 2.40. The van der Waals surface area contributed by atoms with Gasteiger partial charge in [-0.3, -0.25) is 9.59 Å². The first-order valence-electron chi connectivity index (χ1n) is 13.4. The minimum absolute atomic E-state index is 0.0637. The molecule has 1 aromatic heterocycles. The van der Waals surface area contributed by atoms with Crippen LogP contribution in [0.25, 0.3) is 10.9 Å². The van der Waals surface area contributed by atoms with E-state index >= 15 is 0 Å². The maximum absolute atomic E-state index is 14.1. The minimum atomic E-state index is -1.01. The van der Waals surface area contributed by atoms with E-state index in [0.717, 1.165) is 56.2 Å². The summed E-state index contributed by atoms with van der Waals surface area (Å²) in [7, 11) is 3.26. The first-order valence-corrected chi connectivity index (χ1v) is 13.4. The highest BCUT2D eigenvalue weighted by molar-refractivity contribution is 6.06. The molecular weight excluding hydrogens is 456 g/mol. The molecule has 8 nitrogen and oxygen atoms in total. The van der Waals surface area contributed by atoms with Crippen LogP contribution in [-0.2, 0) is 11.3 Å². The number of nitrogens with zero attached hydrogens (tertiary/aromatic N) is 3. The number of hydrogen-bond donors (Lipinski definition) is 1. The SMILES string of the molecule is COc1ccc(OC)c2c1cc1n2CC(C)(C(=O)NC2CCC(C)CC2)N(CCN2CCCC2)C1=O. The molecule has 2 aromatic rings. The van der Waals surface area contributed by atoms with Gasteiger partial charge in [0.25, 0.3) is 5.91 Å². The third-order valence-electron chi connectivity index (χ3n) is 8.63. The second kappa shape index (κ2) is 9.96. The molecule has 196 valence electrons. The van der Waals surface area contributed by atoms with E-state index in [1.165, 1.54) is 12.8 Å². The maximum atomic E-state index is 14.1. The normalized spacial score (nSPS) is 26.8. The van der Waals surface area contributed by atoms with Gasteiger partial charge in [0, 0.05) is 24.5 Å². The third kappa shape index (κ3) is 4.33. The number of benzene rings is 1. The number of nitrogens with one attached hydrogen (secondary N) is 1. The molecule has 3 heterocycles. The fourth-order valence-corrected chi connectivity index (χ4v) is 6.30. The van der Waals surface area contributed by atoms with Crippen LogP contribution in [0, 0.1) is 5.92 Å². The molecule has 1 saturated heterocycles. The molecule has 3 aliphatic rings. The first kappa shape index (κ1) is 24.9. The predicted octanol–water partition coefficient (Wildman–Crippen LogP) is 3.66. The standard InChI is InChI=1S/C28H40N4O4/c1-19-7-9-20(10-8-19)29-27(34)28(2)18-31-22(26(33)32(28)16-15-30-13-5-6-14-30)17-21-23(35-3)11-12-24(36-4)25(21)31/h11-12,17,19-20H,5-10,13-16,18H2,1-4H3,(H,29,34). The second-order valence-corrected chi connectivity index (χ2v) is 11.1. The van der Waals surface area contributed by atoms with Crippen molar-refractivity contribution in [2.24, 2.45) is 5.92 Å². The summed E-state index contributed by atoms with van der Waals surface area (Å²) in [6.45, 7) is 8.00. The van der Waals surface area contributed by atoms with Crippen LogP contribution in [0.15, 0.2) is 18.2 Å². The average molecular weight is 497 g/mol. The van der Waals surface area contributed by atoms with E-state index in [-0.39, 0.29) is 17.9 Å². The van der Waals surface area contributed by atoms with Crippen LogP contribution < -0.4 is 14.8 Å². The molecule has 0 spiro atoms. The number of carbonyl (C=O) groups excluding carboxylic acids is 2. The van der Waals surface area contributed by atoms with Gasteiger partial charge in [0.1, 0.15) is 22.7 Å². The number of hydrogen-bond acceptors (Lipinski definition) is 5. The number of amides is 2. The van der Waals surface area contributed by atoms with E-state index in [0.29, 0.717) is 36.2 Å². The van der Waals surface area contributed by atoms with Gasteiger partial charge in [-0.1, -0.05) is 6.92 Å². The zero-order valence-corrected chi connectivity index (χ0v) is 22.1. The smallest absolute Gasteiger partial charge is 0.271 e. The van der Waals surface area contributed by atoms with Crippen molar-refractivity contribution in [3.8, 4) is 11.5 Å². The second-order valence-electron chi connectivity index (χ2n) is 11.1. The van der Waals surface area contributed by atoms with Crippen LogP contribution in [0.1, 0.15) is 62.9 Å². The number of fused-ring (bicyclic) bond motifs is 3. The highest BCUT2D eigenvalue weighted by Gasteiger charge is 2.48. The van der Waals surface area contributed by atoms with Crippen LogP contribution in [0.2, 0.25) is 0 Å². The van der Waals surface area contributed by atoms with Gasteiger partial charge < -0.3 is 29.2 Å². The molecule has 2 aliphatic heterocycles. The summed E-state index contributed by atoms with van der Waals surface area (Å²) in [5.74, 6) is 1.88. The Morgan fingerprint density at radius 3 is 2.39 bits per heavy atom. The van der Waals surface area contributed by atoms with Crippen molar-refractivity contribution in [1.82, 2.24) is 19.7 Å². The Morgan fingerprint density at radius 2 is 1.72 bits per heavy atom. The van der Waals surface area contributed by atoms with Crippen molar-refractivity contribution >= 4 is 22.7 Å². The molecule has 2 fully saturated rings. The monoisotopic (exact) mass is 496 g/mol. The molecule has 5 rings (SSSR count). The molecule has 1 aromatic carbocycles. The summed E-state index contributed by atoms with van der Waals surface area (Å²) in [5, 5.41) is 4.16. The van der Waals surface area contributed by atoms with Crippen molar-refractivity contribution in [2.75, 3.05) is 40.4 Å². The number of likely N-dealkylation sites (tertiary alicyclic amines) is 1. The fourth-order valence-electron chi connectivity index (χ4n) is 6.30. The minimum Gasteiger partial charge on any atom is -0.496 e. The fraction of sp³-hybridized carbons (Fsp3) is 0.643. The summed E-state index contributed by atoms with van der Waals surface area (Å²) in [6, 6.07) is 5.78. The lowest BCUT2D eigenvalue weighted by Gasteiger charge is -2.45. The Bertz CT molecular complexity index is 1130. The summed E-state index contributed by atoms with van der Waals surface area (Å²) in [4.78, 5) is 32.3. The van der Waals surface area contributed by atoms with Crippen molar-refractivity contribution < 1.29 is 19.1 Å². The van der Waals surface area contributed by atoms with E-state index in [2.05, 4.69) is 17.1 Å². The summed E-state index contributed by atoms with van der Waals surface area (Å²) < 4.78 is 13.3. The molecule has 1 aliphatic carbocycles. The highest BCUT2D eigenvalue weighted by atomic mass is 16.5. The summed E-state index contributed by atoms with van der Waals surface area (Å²) >= 11 is 0. The van der Waals surface area contributed by atoms with Gasteiger partial charge in [-0.2, -0.15) is 0 Å². The van der Waals surface area contributed by atoms with Crippen molar-refractivity contribution in [2.45, 2.75) is 70.5 Å². The number of aromatic nitrogens is 1. The van der Waals surface area contributed by atoms with E-state index < -0.39 is 5.54 Å². The van der Waals surface area contributed by atoms with E-state index in [1.807, 2.05) is 34.6 Å². The molecule has 36 heavy (non-hydrogen) atoms. The number of carbonyl (C=O) groups is 2. The van der Waals surface area contributed by atoms with Gasteiger partial charge >= 0.3 is 0 Å². The Balaban J connectivity index is 1.53. The number of rotatable bonds is 7. The lowest BCUT2D eigenvalue weighted by atomic mass is 9.86. The van der Waals surface area contributed by atoms with E-state index in [9.17, 15) is 9.59 Å². The lowest BCUT2D eigenvalue weighted by Crippen LogP contribution is -2.65. The van der Waals surface area contributed by atoms with Crippen LogP contribution in [0.5, 0.6) is 11.5 Å². The van der Waals surface area contributed by atoms with Gasteiger partial charge in [0.15, 0.2) is 0 Å². The molecule has 0 bridgehead atoms. The maximum Gasteiger partial charge on any atom is 0.271 e. The Morgan fingerprint density at radius 1 is 1.06 bits per heavy atom. The van der Waals surface area contributed by atoms with Crippen LogP contribution in [0.3, 0.4) is 0 Å². The van der Waals surface area contributed by atoms with Gasteiger partial charge in [0.2, 0.25) is 5.91 Å². The quantitative estimate of drug-likeness (QED) is 0.633. The van der Waals surface area contributed by atoms with Gasteiger partial charge in [-0.05, 0) is 82.7 Å². The van der Waals surface area contributed by atoms with Gasteiger partial charge in [0.05, 0.1) is 26.3 Å². The zero-order valence-electron chi connectivity index (χ0n) is 22.1. The Hall–Kier alpha value is -2.74. The Labute approximate surface area is 213 Å². The average Bonchev–Trinajstić information content (AvgIpc) is 3.53. The first-order chi connectivity index (χ1) is 17.4. The lowest BCUT2D eigenvalue weighted by molar-refractivity contribution is -0.134. The summed E-state index contributed by atoms with van der Waals surface area (Å²) in [5.41, 5.74) is 0.364. The van der Waals surface area contributed by atoms with Gasteiger partial charge in [-0.15, -0.1) is 0 Å². The van der Waals surface area contributed by atoms with Crippen LogP contribution in [-0.4, -0.2) is 78.2 Å². The zero-order chi connectivity index (χ0) is 25.4. The van der Waals surface area contributed by atoms with E-state index in [1.54, 1.807) is 14.2 Å². The third-order valence-corrected chi connectivity index (χ3v) is 8.63. The molecule has 0 radical (unpaired) electrons. The number of ether oxygens (including phenoxy) is 2. The molecule has 1 N–H and O–H groups in total. The Kier molecular flexibility index (Phi) is 6.90. The van der Waals surface area contributed by atoms with Crippen molar-refractivity contribution in [1.29, 1.82) is 0 Å². The molecule has 1 unspecified atom stereocenters. The topological polar surface area (TPSA) is 76.0 Å². The molecule has 1 atom stereocenters. The molecule has 8 heteroatoms. The van der Waals surface area contributed by atoms with Crippen LogP contribution in [0.4, 0.5) is 0 Å². The molecular formula is C28H40N4O4. The van der Waals surface area contributed by atoms with Crippen LogP contribution >= 0.6 is 0 Å². The van der Waals surface area contributed by atoms with Gasteiger partial charge in [-0.25, -0.2) is 0 Å². The predicted molar refractivity (Wildman–Crippen MR) is 140 cm³/mol. The van der Waals surface area contributed by atoms with E-state index in [4.69, 9.17) is 9.47 Å². The molecule has 2 amide bonds. The molecule has 1 saturated carbocycles. The largest absolute Gasteiger partial charge is 0.496 e. The van der Waals surface area contributed by atoms with Crippen molar-refractivity contribution in [3.05, 3.63) is 23.9 Å². The van der Waals surface area contributed by atoms with Crippen molar-refractivity contribution in [3.63, 3.8) is 0 Å². The number of methoxy groups -OCH3 is 2. The summed E-state index contributed by atoms with van der Waals surface area (Å²) in [6.07, 6.45) is 6.63.